The van der Waals surface area contributed by atoms with Crippen LogP contribution in [0.3, 0.4) is 0 Å². The first-order valence-electron chi connectivity index (χ1n) is 4.95. The summed E-state index contributed by atoms with van der Waals surface area (Å²) in [6.07, 6.45) is 0.581. The van der Waals surface area contributed by atoms with Gasteiger partial charge in [0.05, 0.1) is 18.2 Å². The summed E-state index contributed by atoms with van der Waals surface area (Å²) in [5.74, 6) is -1.21. The second-order valence-corrected chi connectivity index (χ2v) is 3.82. The summed E-state index contributed by atoms with van der Waals surface area (Å²) in [6, 6.07) is 3.48. The van der Waals surface area contributed by atoms with Crippen LogP contribution in [0.15, 0.2) is 18.2 Å². The molecule has 1 rings (SSSR count). The highest BCUT2D eigenvalue weighted by atomic mass is 35.5. The van der Waals surface area contributed by atoms with E-state index in [4.69, 9.17) is 16.7 Å². The summed E-state index contributed by atoms with van der Waals surface area (Å²) in [5, 5.41) is 11.7. The quantitative estimate of drug-likeness (QED) is 0.852. The van der Waals surface area contributed by atoms with Crippen LogP contribution < -0.4 is 5.32 Å². The first-order valence-corrected chi connectivity index (χ1v) is 5.33. The fourth-order valence-electron chi connectivity index (χ4n) is 1.21. The lowest BCUT2D eigenvalue weighted by atomic mass is 10.1. The Labute approximate surface area is 98.2 Å². The molecule has 1 aromatic rings. The fraction of sp³-hybridized carbons (Fsp3) is 0.364. The zero-order chi connectivity index (χ0) is 12.1. The van der Waals surface area contributed by atoms with E-state index in [9.17, 15) is 9.18 Å². The molecule has 0 bridgehead atoms. The van der Waals surface area contributed by atoms with Gasteiger partial charge in [0.1, 0.15) is 5.82 Å². The molecular formula is C11H13ClFNO2. The molecule has 1 amide bonds. The lowest BCUT2D eigenvalue weighted by molar-refractivity contribution is 0.0911. The molecule has 0 radical (unpaired) electrons. The molecule has 0 saturated carbocycles. The number of nitrogens with one attached hydrogen (secondary N) is 1. The van der Waals surface area contributed by atoms with Crippen LogP contribution in [0.25, 0.3) is 0 Å². The van der Waals surface area contributed by atoms with Gasteiger partial charge in [-0.1, -0.05) is 18.5 Å². The number of benzene rings is 1. The Morgan fingerprint density at radius 2 is 2.31 bits per heavy atom. The van der Waals surface area contributed by atoms with Crippen molar-refractivity contribution in [1.82, 2.24) is 5.32 Å². The lowest BCUT2D eigenvalue weighted by Crippen LogP contribution is -2.37. The second kappa shape index (κ2) is 5.82. The van der Waals surface area contributed by atoms with E-state index < -0.39 is 11.7 Å². The Kier molecular flexibility index (Phi) is 4.71. The summed E-state index contributed by atoms with van der Waals surface area (Å²) >= 11 is 5.57. The first kappa shape index (κ1) is 12.9. The van der Waals surface area contributed by atoms with Crippen molar-refractivity contribution in [2.24, 2.45) is 0 Å². The number of rotatable bonds is 4. The Morgan fingerprint density at radius 1 is 1.62 bits per heavy atom. The zero-order valence-electron chi connectivity index (χ0n) is 8.84. The van der Waals surface area contributed by atoms with Crippen LogP contribution in [-0.4, -0.2) is 23.7 Å². The van der Waals surface area contributed by atoms with Gasteiger partial charge in [-0.2, -0.15) is 0 Å². The lowest BCUT2D eigenvalue weighted by Gasteiger charge is -2.14. The standard InChI is InChI=1S/C11H13ClFNO2/c1-2-8(6-15)14-11(16)9-4-3-7(12)5-10(9)13/h3-5,8,15H,2,6H2,1H3,(H,14,16)/t8-/m0/s1. The van der Waals surface area contributed by atoms with Gasteiger partial charge < -0.3 is 10.4 Å². The van der Waals surface area contributed by atoms with Gasteiger partial charge in [0.15, 0.2) is 0 Å². The predicted octanol–water partition coefficient (Wildman–Crippen LogP) is 1.98. The molecule has 0 aliphatic heterocycles. The topological polar surface area (TPSA) is 49.3 Å². The van der Waals surface area contributed by atoms with Crippen LogP contribution in [-0.2, 0) is 0 Å². The molecule has 0 aromatic heterocycles. The Hall–Kier alpha value is -1.13. The minimum atomic E-state index is -0.669. The number of carbonyl (C=O) groups excluding carboxylic acids is 1. The van der Waals surface area contributed by atoms with Crippen molar-refractivity contribution in [3.8, 4) is 0 Å². The van der Waals surface area contributed by atoms with Gasteiger partial charge in [-0.15, -0.1) is 0 Å². The Balaban J connectivity index is 2.80. The average Bonchev–Trinajstić information content (AvgIpc) is 2.25. The molecule has 0 unspecified atom stereocenters. The maximum atomic E-state index is 13.4. The molecule has 0 spiro atoms. The molecule has 16 heavy (non-hydrogen) atoms. The average molecular weight is 246 g/mol. The molecule has 5 heteroatoms. The largest absolute Gasteiger partial charge is 0.394 e. The van der Waals surface area contributed by atoms with Crippen molar-refractivity contribution < 1.29 is 14.3 Å². The maximum absolute atomic E-state index is 13.4. The van der Waals surface area contributed by atoms with E-state index in [1.54, 1.807) is 0 Å². The van der Waals surface area contributed by atoms with Gasteiger partial charge >= 0.3 is 0 Å². The number of halogens is 2. The van der Waals surface area contributed by atoms with E-state index in [-0.39, 0.29) is 23.2 Å². The van der Waals surface area contributed by atoms with Crippen molar-refractivity contribution in [3.63, 3.8) is 0 Å². The third-order valence-electron chi connectivity index (χ3n) is 2.22. The maximum Gasteiger partial charge on any atom is 0.254 e. The van der Waals surface area contributed by atoms with Crippen molar-refractivity contribution in [3.05, 3.63) is 34.6 Å². The SMILES string of the molecule is CC[C@@H](CO)NC(=O)c1ccc(Cl)cc1F. The fourth-order valence-corrected chi connectivity index (χ4v) is 1.37. The van der Waals surface area contributed by atoms with Crippen molar-refractivity contribution in [2.75, 3.05) is 6.61 Å². The summed E-state index contributed by atoms with van der Waals surface area (Å²) in [4.78, 5) is 11.6. The van der Waals surface area contributed by atoms with Crippen molar-refractivity contribution >= 4 is 17.5 Å². The minimum Gasteiger partial charge on any atom is -0.394 e. The predicted molar refractivity (Wildman–Crippen MR) is 60.0 cm³/mol. The summed E-state index contributed by atoms with van der Waals surface area (Å²) < 4.78 is 13.4. The highest BCUT2D eigenvalue weighted by molar-refractivity contribution is 6.30. The van der Waals surface area contributed by atoms with Crippen LogP contribution in [0.5, 0.6) is 0 Å². The molecule has 0 saturated heterocycles. The second-order valence-electron chi connectivity index (χ2n) is 3.39. The van der Waals surface area contributed by atoms with Gasteiger partial charge in [-0.25, -0.2) is 4.39 Å². The van der Waals surface area contributed by atoms with Crippen LogP contribution in [0.1, 0.15) is 23.7 Å². The molecule has 3 nitrogen and oxygen atoms in total. The normalized spacial score (nSPS) is 12.2. The van der Waals surface area contributed by atoms with E-state index in [1.165, 1.54) is 12.1 Å². The minimum absolute atomic E-state index is 0.0729. The Morgan fingerprint density at radius 3 is 2.81 bits per heavy atom. The van der Waals surface area contributed by atoms with Crippen molar-refractivity contribution in [1.29, 1.82) is 0 Å². The zero-order valence-corrected chi connectivity index (χ0v) is 9.59. The van der Waals surface area contributed by atoms with E-state index in [1.807, 2.05) is 6.92 Å². The molecule has 0 fully saturated rings. The number of hydrogen-bond donors (Lipinski definition) is 2. The van der Waals surface area contributed by atoms with Crippen molar-refractivity contribution in [2.45, 2.75) is 19.4 Å². The van der Waals surface area contributed by atoms with Gasteiger partial charge in [0.2, 0.25) is 0 Å². The van der Waals surface area contributed by atoms with Gasteiger partial charge in [0, 0.05) is 5.02 Å². The smallest absolute Gasteiger partial charge is 0.254 e. The highest BCUT2D eigenvalue weighted by Gasteiger charge is 2.15. The molecule has 1 aromatic carbocycles. The molecule has 0 aliphatic rings. The monoisotopic (exact) mass is 245 g/mol. The first-order chi connectivity index (χ1) is 7.58. The third kappa shape index (κ3) is 3.18. The molecular weight excluding hydrogens is 233 g/mol. The number of hydrogen-bond acceptors (Lipinski definition) is 2. The number of carbonyl (C=O) groups is 1. The van der Waals surface area contributed by atoms with Crippen LogP contribution >= 0.6 is 11.6 Å². The molecule has 88 valence electrons. The van der Waals surface area contributed by atoms with Gasteiger partial charge in [-0.3, -0.25) is 4.79 Å². The van der Waals surface area contributed by atoms with Gasteiger partial charge in [0.25, 0.3) is 5.91 Å². The number of aliphatic hydroxyl groups excluding tert-OH is 1. The molecule has 1 atom stereocenters. The van der Waals surface area contributed by atoms with E-state index in [0.717, 1.165) is 6.07 Å². The molecule has 2 N–H and O–H groups in total. The van der Waals surface area contributed by atoms with Crippen LogP contribution in [0.2, 0.25) is 5.02 Å². The number of amides is 1. The number of aliphatic hydroxyl groups is 1. The highest BCUT2D eigenvalue weighted by Crippen LogP contribution is 2.14. The summed E-state index contributed by atoms with van der Waals surface area (Å²) in [5.41, 5.74) is -0.0729. The van der Waals surface area contributed by atoms with E-state index in [2.05, 4.69) is 5.32 Å². The molecule has 0 aliphatic carbocycles. The van der Waals surface area contributed by atoms with E-state index in [0.29, 0.717) is 6.42 Å². The Bertz CT molecular complexity index is 380. The van der Waals surface area contributed by atoms with Gasteiger partial charge in [-0.05, 0) is 24.6 Å². The third-order valence-corrected chi connectivity index (χ3v) is 2.46. The summed E-state index contributed by atoms with van der Waals surface area (Å²) in [7, 11) is 0. The summed E-state index contributed by atoms with van der Waals surface area (Å²) in [6.45, 7) is 1.65. The van der Waals surface area contributed by atoms with Crippen LogP contribution in [0.4, 0.5) is 4.39 Å². The van der Waals surface area contributed by atoms with Crippen LogP contribution in [0, 0.1) is 5.82 Å². The molecule has 0 heterocycles. The van der Waals surface area contributed by atoms with E-state index >= 15 is 0 Å².